The molecule has 0 bridgehead atoms. The predicted molar refractivity (Wildman–Crippen MR) is 74.5 cm³/mol. The summed E-state index contributed by atoms with van der Waals surface area (Å²) in [5.74, 6) is 0.614. The van der Waals surface area contributed by atoms with Crippen molar-refractivity contribution in [3.63, 3.8) is 0 Å². The zero-order valence-corrected chi connectivity index (χ0v) is 10.8. The largest absolute Gasteiger partial charge is 0.384 e. The fourth-order valence-electron chi connectivity index (χ4n) is 2.38. The van der Waals surface area contributed by atoms with Gasteiger partial charge in [0.15, 0.2) is 0 Å². The van der Waals surface area contributed by atoms with Crippen LogP contribution in [-0.4, -0.2) is 41.4 Å². The standard InChI is InChI=1S/C14H18N4O/c15-14-13(9-16-17-14)12-3-1-2-11(8-12)10-18-4-6-19-7-5-18/h1-3,8-9H,4-7,10H2,(H3,15,16,17). The van der Waals surface area contributed by atoms with E-state index in [1.54, 1.807) is 6.20 Å². The van der Waals surface area contributed by atoms with E-state index in [-0.39, 0.29) is 0 Å². The number of nitrogens with one attached hydrogen (secondary N) is 1. The number of anilines is 1. The number of benzene rings is 1. The second-order valence-electron chi connectivity index (χ2n) is 4.79. The van der Waals surface area contributed by atoms with E-state index < -0.39 is 0 Å². The van der Waals surface area contributed by atoms with Gasteiger partial charge in [-0.1, -0.05) is 18.2 Å². The normalized spacial score (nSPS) is 16.6. The van der Waals surface area contributed by atoms with E-state index in [4.69, 9.17) is 10.5 Å². The first-order valence-electron chi connectivity index (χ1n) is 6.51. The predicted octanol–water partition coefficient (Wildman–Crippen LogP) is 1.49. The Bertz CT molecular complexity index is 546. The third kappa shape index (κ3) is 2.77. The zero-order valence-electron chi connectivity index (χ0n) is 10.8. The molecule has 0 atom stereocenters. The minimum absolute atomic E-state index is 0.614. The molecular weight excluding hydrogens is 240 g/mol. The lowest BCUT2D eigenvalue weighted by Crippen LogP contribution is -2.35. The van der Waals surface area contributed by atoms with Gasteiger partial charge in [-0.15, -0.1) is 0 Å². The maximum atomic E-state index is 5.86. The highest BCUT2D eigenvalue weighted by Gasteiger charge is 2.11. The molecule has 1 fully saturated rings. The van der Waals surface area contributed by atoms with Crippen molar-refractivity contribution in [3.05, 3.63) is 36.0 Å². The van der Waals surface area contributed by atoms with Crippen LogP contribution in [0.25, 0.3) is 11.1 Å². The summed E-state index contributed by atoms with van der Waals surface area (Å²) in [7, 11) is 0. The summed E-state index contributed by atoms with van der Waals surface area (Å²) >= 11 is 0. The van der Waals surface area contributed by atoms with Gasteiger partial charge in [-0.2, -0.15) is 5.10 Å². The molecule has 0 aliphatic carbocycles. The number of aromatic amines is 1. The fraction of sp³-hybridized carbons (Fsp3) is 0.357. The van der Waals surface area contributed by atoms with Gasteiger partial charge in [-0.25, -0.2) is 0 Å². The minimum Gasteiger partial charge on any atom is -0.384 e. The number of ether oxygens (including phenoxy) is 1. The number of nitrogens with zero attached hydrogens (tertiary/aromatic N) is 2. The van der Waals surface area contributed by atoms with Gasteiger partial charge in [0.05, 0.1) is 19.4 Å². The Morgan fingerprint density at radius 1 is 1.32 bits per heavy atom. The molecule has 0 radical (unpaired) electrons. The Morgan fingerprint density at radius 2 is 2.16 bits per heavy atom. The lowest BCUT2D eigenvalue weighted by Gasteiger charge is -2.26. The Balaban J connectivity index is 1.78. The fourth-order valence-corrected chi connectivity index (χ4v) is 2.38. The summed E-state index contributed by atoms with van der Waals surface area (Å²) in [5, 5.41) is 6.74. The molecule has 2 aromatic rings. The summed E-state index contributed by atoms with van der Waals surface area (Å²) in [4.78, 5) is 2.40. The number of hydrogen-bond donors (Lipinski definition) is 2. The molecule has 5 heteroatoms. The van der Waals surface area contributed by atoms with E-state index in [2.05, 4.69) is 39.4 Å². The van der Waals surface area contributed by atoms with Gasteiger partial charge >= 0.3 is 0 Å². The van der Waals surface area contributed by atoms with Gasteiger partial charge in [0.2, 0.25) is 0 Å². The summed E-state index contributed by atoms with van der Waals surface area (Å²) < 4.78 is 5.37. The Morgan fingerprint density at radius 3 is 2.89 bits per heavy atom. The average molecular weight is 258 g/mol. The quantitative estimate of drug-likeness (QED) is 0.875. The first-order valence-corrected chi connectivity index (χ1v) is 6.51. The second-order valence-corrected chi connectivity index (χ2v) is 4.79. The molecule has 1 aromatic carbocycles. The summed E-state index contributed by atoms with van der Waals surface area (Å²) in [6.07, 6.45) is 1.77. The van der Waals surface area contributed by atoms with Crippen molar-refractivity contribution < 1.29 is 4.74 Å². The SMILES string of the molecule is Nc1[nH]ncc1-c1cccc(CN2CCOCC2)c1. The smallest absolute Gasteiger partial charge is 0.126 e. The summed E-state index contributed by atoms with van der Waals surface area (Å²) in [6, 6.07) is 8.45. The van der Waals surface area contributed by atoms with Gasteiger partial charge < -0.3 is 10.5 Å². The summed E-state index contributed by atoms with van der Waals surface area (Å²) in [6.45, 7) is 4.61. The van der Waals surface area contributed by atoms with Crippen molar-refractivity contribution in [1.82, 2.24) is 15.1 Å². The number of rotatable bonds is 3. The van der Waals surface area contributed by atoms with Crippen LogP contribution >= 0.6 is 0 Å². The molecule has 0 unspecified atom stereocenters. The van der Waals surface area contributed by atoms with E-state index in [1.807, 2.05) is 0 Å². The van der Waals surface area contributed by atoms with Crippen molar-refractivity contribution in [3.8, 4) is 11.1 Å². The number of H-pyrrole nitrogens is 1. The zero-order chi connectivity index (χ0) is 13.1. The Labute approximate surface area is 112 Å². The van der Waals surface area contributed by atoms with Crippen LogP contribution in [0.1, 0.15) is 5.56 Å². The minimum atomic E-state index is 0.614. The molecule has 1 aliphatic rings. The van der Waals surface area contributed by atoms with Gasteiger partial charge in [0.25, 0.3) is 0 Å². The Hall–Kier alpha value is -1.85. The lowest BCUT2D eigenvalue weighted by molar-refractivity contribution is 0.0342. The first kappa shape index (κ1) is 12.2. The van der Waals surface area contributed by atoms with E-state index in [9.17, 15) is 0 Å². The van der Waals surface area contributed by atoms with Crippen LogP contribution in [0.2, 0.25) is 0 Å². The number of hydrogen-bond acceptors (Lipinski definition) is 4. The number of morpholine rings is 1. The third-order valence-electron chi connectivity index (χ3n) is 3.42. The van der Waals surface area contributed by atoms with Gasteiger partial charge in [-0.3, -0.25) is 10.00 Å². The number of aromatic nitrogens is 2. The van der Waals surface area contributed by atoms with Crippen LogP contribution in [0.15, 0.2) is 30.5 Å². The third-order valence-corrected chi connectivity index (χ3v) is 3.42. The molecule has 1 aliphatic heterocycles. The van der Waals surface area contributed by atoms with Gasteiger partial charge in [0, 0.05) is 25.2 Å². The highest BCUT2D eigenvalue weighted by molar-refractivity contribution is 5.73. The van der Waals surface area contributed by atoms with Gasteiger partial charge in [0.1, 0.15) is 5.82 Å². The van der Waals surface area contributed by atoms with Crippen LogP contribution < -0.4 is 5.73 Å². The molecule has 0 saturated carbocycles. The topological polar surface area (TPSA) is 67.2 Å². The second kappa shape index (κ2) is 5.42. The maximum Gasteiger partial charge on any atom is 0.126 e. The van der Waals surface area contributed by atoms with Crippen molar-refractivity contribution in [2.75, 3.05) is 32.0 Å². The molecule has 0 amide bonds. The van der Waals surface area contributed by atoms with Gasteiger partial charge in [-0.05, 0) is 17.2 Å². The molecule has 1 saturated heterocycles. The van der Waals surface area contributed by atoms with Crippen molar-refractivity contribution in [2.24, 2.45) is 0 Å². The van der Waals surface area contributed by atoms with Crippen molar-refractivity contribution >= 4 is 5.82 Å². The highest BCUT2D eigenvalue weighted by atomic mass is 16.5. The molecule has 1 aromatic heterocycles. The van der Waals surface area contributed by atoms with Crippen LogP contribution in [0, 0.1) is 0 Å². The molecule has 19 heavy (non-hydrogen) atoms. The van der Waals surface area contributed by atoms with Crippen molar-refractivity contribution in [1.29, 1.82) is 0 Å². The average Bonchev–Trinajstić information content (AvgIpc) is 2.86. The number of nitrogens with two attached hydrogens (primary N) is 1. The van der Waals surface area contributed by atoms with E-state index in [0.29, 0.717) is 5.82 Å². The molecule has 3 N–H and O–H groups in total. The van der Waals surface area contributed by atoms with Crippen LogP contribution in [0.5, 0.6) is 0 Å². The van der Waals surface area contributed by atoms with Crippen molar-refractivity contribution in [2.45, 2.75) is 6.54 Å². The van der Waals surface area contributed by atoms with Crippen LogP contribution in [0.3, 0.4) is 0 Å². The molecule has 100 valence electrons. The number of nitrogen functional groups attached to an aromatic ring is 1. The highest BCUT2D eigenvalue weighted by Crippen LogP contribution is 2.24. The Kier molecular flexibility index (Phi) is 3.48. The first-order chi connectivity index (χ1) is 9.33. The van der Waals surface area contributed by atoms with E-state index >= 15 is 0 Å². The van der Waals surface area contributed by atoms with Crippen LogP contribution in [-0.2, 0) is 11.3 Å². The maximum absolute atomic E-state index is 5.86. The molecule has 3 rings (SSSR count). The van der Waals surface area contributed by atoms with E-state index in [0.717, 1.165) is 44.0 Å². The summed E-state index contributed by atoms with van der Waals surface area (Å²) in [5.41, 5.74) is 9.22. The molecule has 5 nitrogen and oxygen atoms in total. The monoisotopic (exact) mass is 258 g/mol. The lowest BCUT2D eigenvalue weighted by atomic mass is 10.1. The molecule has 0 spiro atoms. The molecule has 2 heterocycles. The van der Waals surface area contributed by atoms with E-state index in [1.165, 1.54) is 5.56 Å². The van der Waals surface area contributed by atoms with Crippen LogP contribution in [0.4, 0.5) is 5.82 Å². The molecular formula is C14H18N4O.